The van der Waals surface area contributed by atoms with Crippen molar-refractivity contribution in [3.05, 3.63) is 86.8 Å². The summed E-state index contributed by atoms with van der Waals surface area (Å²) in [6, 6.07) is 14.8. The van der Waals surface area contributed by atoms with Crippen molar-refractivity contribution in [1.82, 2.24) is 18.7 Å². The molecule has 170 valence electrons. The van der Waals surface area contributed by atoms with Crippen LogP contribution in [0.25, 0.3) is 11.2 Å². The van der Waals surface area contributed by atoms with Gasteiger partial charge in [-0.05, 0) is 37.1 Å². The maximum Gasteiger partial charge on any atom is 0.333 e. The second kappa shape index (κ2) is 9.15. The number of anilines is 1. The summed E-state index contributed by atoms with van der Waals surface area (Å²) in [4.78, 5) is 43.8. The van der Waals surface area contributed by atoms with Crippen LogP contribution in [-0.4, -0.2) is 31.7 Å². The molecule has 1 amide bonds. The molecular formula is C24H25N5O4. The van der Waals surface area contributed by atoms with Crippen molar-refractivity contribution < 1.29 is 9.53 Å². The third-order valence-electron chi connectivity index (χ3n) is 5.44. The van der Waals surface area contributed by atoms with Crippen LogP contribution in [0.15, 0.2) is 64.4 Å². The van der Waals surface area contributed by atoms with Gasteiger partial charge in [0, 0.05) is 6.54 Å². The lowest BCUT2D eigenvalue weighted by Crippen LogP contribution is -2.43. The van der Waals surface area contributed by atoms with Gasteiger partial charge < -0.3 is 14.6 Å². The summed E-state index contributed by atoms with van der Waals surface area (Å²) in [6.45, 7) is 4.07. The minimum absolute atomic E-state index is 0.227. The number of imidazole rings is 1. The van der Waals surface area contributed by atoms with E-state index >= 15 is 0 Å². The van der Waals surface area contributed by atoms with Crippen molar-refractivity contribution in [1.29, 1.82) is 0 Å². The Kier molecular flexibility index (Phi) is 6.12. The highest BCUT2D eigenvalue weighted by molar-refractivity contribution is 5.92. The zero-order chi connectivity index (χ0) is 23.5. The molecule has 0 saturated heterocycles. The Hall–Kier alpha value is -4.14. The van der Waals surface area contributed by atoms with E-state index in [1.807, 2.05) is 50.2 Å². The SMILES string of the molecule is CCn1cnc2c1c(=O)n(CC(=O)Nc1cc(C)ccc1OC)c(=O)n2Cc1ccccc1. The maximum atomic E-state index is 13.3. The Balaban J connectivity index is 1.77. The molecule has 2 heterocycles. The fourth-order valence-corrected chi connectivity index (χ4v) is 3.78. The van der Waals surface area contributed by atoms with E-state index in [1.165, 1.54) is 18.0 Å². The van der Waals surface area contributed by atoms with Gasteiger partial charge in [0.25, 0.3) is 5.56 Å². The van der Waals surface area contributed by atoms with Gasteiger partial charge in [-0.25, -0.2) is 14.3 Å². The van der Waals surface area contributed by atoms with E-state index in [1.54, 1.807) is 16.7 Å². The number of ether oxygens (including phenoxy) is 1. The van der Waals surface area contributed by atoms with Crippen LogP contribution in [-0.2, 0) is 24.4 Å². The summed E-state index contributed by atoms with van der Waals surface area (Å²) in [5, 5.41) is 2.75. The Morgan fingerprint density at radius 2 is 1.85 bits per heavy atom. The Morgan fingerprint density at radius 1 is 1.09 bits per heavy atom. The predicted octanol–water partition coefficient (Wildman–Crippen LogP) is 2.38. The van der Waals surface area contributed by atoms with Crippen molar-refractivity contribution in [2.24, 2.45) is 0 Å². The van der Waals surface area contributed by atoms with E-state index in [9.17, 15) is 14.4 Å². The van der Waals surface area contributed by atoms with Crippen LogP contribution in [0.3, 0.4) is 0 Å². The minimum atomic E-state index is -0.593. The van der Waals surface area contributed by atoms with E-state index in [4.69, 9.17) is 4.74 Å². The maximum absolute atomic E-state index is 13.3. The molecule has 0 saturated carbocycles. The van der Waals surface area contributed by atoms with Crippen LogP contribution in [0.1, 0.15) is 18.1 Å². The van der Waals surface area contributed by atoms with Crippen LogP contribution >= 0.6 is 0 Å². The van der Waals surface area contributed by atoms with Gasteiger partial charge in [-0.1, -0.05) is 36.4 Å². The third kappa shape index (κ3) is 4.30. The molecule has 0 aliphatic rings. The van der Waals surface area contributed by atoms with Crippen molar-refractivity contribution in [2.75, 3.05) is 12.4 Å². The first kappa shape index (κ1) is 22.1. The molecule has 0 spiro atoms. The monoisotopic (exact) mass is 447 g/mol. The lowest BCUT2D eigenvalue weighted by atomic mass is 10.2. The normalized spacial score (nSPS) is 11.0. The van der Waals surface area contributed by atoms with Gasteiger partial charge in [0.05, 0.1) is 25.7 Å². The number of nitrogens with one attached hydrogen (secondary N) is 1. The number of carbonyl (C=O) groups is 1. The summed E-state index contributed by atoms with van der Waals surface area (Å²) in [6.07, 6.45) is 1.54. The average Bonchev–Trinajstić information content (AvgIpc) is 3.24. The number of fused-ring (bicyclic) bond motifs is 1. The van der Waals surface area contributed by atoms with Crippen LogP contribution in [0, 0.1) is 6.92 Å². The van der Waals surface area contributed by atoms with Crippen molar-refractivity contribution in [3.8, 4) is 5.75 Å². The van der Waals surface area contributed by atoms with E-state index in [0.717, 1.165) is 15.7 Å². The van der Waals surface area contributed by atoms with Crippen LogP contribution < -0.4 is 21.3 Å². The number of benzene rings is 2. The summed E-state index contributed by atoms with van der Waals surface area (Å²) < 4.78 is 9.36. The van der Waals surface area contributed by atoms with E-state index in [0.29, 0.717) is 23.6 Å². The van der Waals surface area contributed by atoms with Gasteiger partial charge in [-0.2, -0.15) is 0 Å². The average molecular weight is 447 g/mol. The van der Waals surface area contributed by atoms with Crippen LogP contribution in [0.2, 0.25) is 0 Å². The largest absolute Gasteiger partial charge is 0.495 e. The van der Waals surface area contributed by atoms with Crippen molar-refractivity contribution in [2.45, 2.75) is 33.5 Å². The van der Waals surface area contributed by atoms with E-state index in [-0.39, 0.29) is 12.1 Å². The highest BCUT2D eigenvalue weighted by atomic mass is 16.5. The van der Waals surface area contributed by atoms with Gasteiger partial charge in [0.1, 0.15) is 12.3 Å². The molecule has 33 heavy (non-hydrogen) atoms. The highest BCUT2D eigenvalue weighted by Gasteiger charge is 2.20. The number of carbonyl (C=O) groups excluding carboxylic acids is 1. The minimum Gasteiger partial charge on any atom is -0.495 e. The molecule has 0 atom stereocenters. The molecule has 0 fully saturated rings. The van der Waals surface area contributed by atoms with E-state index < -0.39 is 23.7 Å². The Bertz CT molecular complexity index is 1430. The van der Waals surface area contributed by atoms with Crippen molar-refractivity contribution >= 4 is 22.8 Å². The molecule has 9 nitrogen and oxygen atoms in total. The number of amides is 1. The second-order valence-corrected chi connectivity index (χ2v) is 7.70. The van der Waals surface area contributed by atoms with Gasteiger partial charge in [0.15, 0.2) is 11.2 Å². The molecule has 0 unspecified atom stereocenters. The number of nitrogens with zero attached hydrogens (tertiary/aromatic N) is 4. The van der Waals surface area contributed by atoms with Crippen LogP contribution in [0.4, 0.5) is 5.69 Å². The smallest absolute Gasteiger partial charge is 0.333 e. The first-order valence-electron chi connectivity index (χ1n) is 10.6. The molecule has 0 aliphatic heterocycles. The van der Waals surface area contributed by atoms with Crippen LogP contribution in [0.5, 0.6) is 5.75 Å². The predicted molar refractivity (Wildman–Crippen MR) is 126 cm³/mol. The van der Waals surface area contributed by atoms with Crippen molar-refractivity contribution in [3.63, 3.8) is 0 Å². The molecule has 4 rings (SSSR count). The topological polar surface area (TPSA) is 100 Å². The number of aromatic nitrogens is 4. The number of rotatable bonds is 7. The molecule has 0 radical (unpaired) electrons. The molecule has 0 aliphatic carbocycles. The number of methoxy groups -OCH3 is 1. The number of aryl methyl sites for hydroxylation is 2. The Labute approximate surface area is 189 Å². The molecular weight excluding hydrogens is 422 g/mol. The molecule has 2 aromatic carbocycles. The quantitative estimate of drug-likeness (QED) is 0.469. The van der Waals surface area contributed by atoms with Gasteiger partial charge in [-0.15, -0.1) is 0 Å². The highest BCUT2D eigenvalue weighted by Crippen LogP contribution is 2.25. The first-order chi connectivity index (χ1) is 15.9. The Morgan fingerprint density at radius 3 is 2.55 bits per heavy atom. The first-order valence-corrected chi connectivity index (χ1v) is 10.6. The molecule has 4 aromatic rings. The van der Waals surface area contributed by atoms with Gasteiger partial charge in [0.2, 0.25) is 5.91 Å². The number of hydrogen-bond acceptors (Lipinski definition) is 5. The lowest BCUT2D eigenvalue weighted by Gasteiger charge is -2.14. The molecule has 0 bridgehead atoms. The van der Waals surface area contributed by atoms with Gasteiger partial charge >= 0.3 is 5.69 Å². The summed E-state index contributed by atoms with van der Waals surface area (Å²) in [5.41, 5.74) is 1.73. The van der Waals surface area contributed by atoms with Gasteiger partial charge in [-0.3, -0.25) is 14.2 Å². The fraction of sp³-hybridized carbons (Fsp3) is 0.250. The zero-order valence-corrected chi connectivity index (χ0v) is 18.7. The van der Waals surface area contributed by atoms with E-state index in [2.05, 4.69) is 10.3 Å². The molecule has 9 heteroatoms. The molecule has 2 aromatic heterocycles. The fourth-order valence-electron chi connectivity index (χ4n) is 3.78. The standard InChI is InChI=1S/C24H25N5O4/c1-4-27-15-25-22-21(27)23(31)29(24(32)28(22)13-17-8-6-5-7-9-17)14-20(30)26-18-12-16(2)10-11-19(18)33-3/h5-12,15H,4,13-14H2,1-3H3,(H,26,30). The third-order valence-corrected chi connectivity index (χ3v) is 5.44. The summed E-state index contributed by atoms with van der Waals surface area (Å²) >= 11 is 0. The lowest BCUT2D eigenvalue weighted by molar-refractivity contribution is -0.116. The second-order valence-electron chi connectivity index (χ2n) is 7.70. The number of hydrogen-bond donors (Lipinski definition) is 1. The summed E-state index contributed by atoms with van der Waals surface area (Å²) in [5.74, 6) is -0.0198. The zero-order valence-electron chi connectivity index (χ0n) is 18.7. The molecule has 1 N–H and O–H groups in total. The summed E-state index contributed by atoms with van der Waals surface area (Å²) in [7, 11) is 1.51.